The van der Waals surface area contributed by atoms with Gasteiger partial charge in [0.25, 0.3) is 0 Å². The molecule has 3 nitrogen and oxygen atoms in total. The number of rotatable bonds is 2. The van der Waals surface area contributed by atoms with Crippen molar-refractivity contribution in [2.45, 2.75) is 45.0 Å². The number of aliphatic hydroxyl groups is 1. The summed E-state index contributed by atoms with van der Waals surface area (Å²) in [7, 11) is 1.66. The van der Waals surface area contributed by atoms with Crippen molar-refractivity contribution in [3.05, 3.63) is 29.3 Å². The Morgan fingerprint density at radius 2 is 2.24 bits per heavy atom. The van der Waals surface area contributed by atoms with Gasteiger partial charge in [0.1, 0.15) is 11.4 Å². The summed E-state index contributed by atoms with van der Waals surface area (Å²) in [5.74, 6) is 0.765. The maximum Gasteiger partial charge on any atom is 0.135 e. The lowest BCUT2D eigenvalue weighted by Crippen LogP contribution is -2.47. The molecule has 0 bridgehead atoms. The summed E-state index contributed by atoms with van der Waals surface area (Å²) in [5.41, 5.74) is 1.54. The monoisotopic (exact) mass is 236 g/mol. The summed E-state index contributed by atoms with van der Waals surface area (Å²) >= 11 is 0. The average molecular weight is 236 g/mol. The molecule has 3 heteroatoms. The van der Waals surface area contributed by atoms with Crippen LogP contribution in [-0.4, -0.2) is 23.9 Å². The van der Waals surface area contributed by atoms with Crippen LogP contribution in [0.15, 0.2) is 18.2 Å². The van der Waals surface area contributed by atoms with E-state index in [1.165, 1.54) is 0 Å². The number of hydrogen-bond acceptors (Lipinski definition) is 3. The van der Waals surface area contributed by atoms with Gasteiger partial charge in [0.15, 0.2) is 0 Å². The quantitative estimate of drug-likeness (QED) is 0.857. The molecule has 17 heavy (non-hydrogen) atoms. The molecule has 1 aromatic rings. The van der Waals surface area contributed by atoms with E-state index >= 15 is 0 Å². The fourth-order valence-electron chi connectivity index (χ4n) is 2.31. The molecule has 0 saturated carbocycles. The van der Waals surface area contributed by atoms with Crippen LogP contribution in [0.1, 0.15) is 37.5 Å². The summed E-state index contributed by atoms with van der Waals surface area (Å²) < 4.78 is 11.4. The van der Waals surface area contributed by atoms with E-state index in [9.17, 15) is 5.11 Å². The molecule has 0 saturated heterocycles. The maximum absolute atomic E-state index is 10.2. The highest BCUT2D eigenvalue weighted by Crippen LogP contribution is 2.41. The summed E-state index contributed by atoms with van der Waals surface area (Å²) in [6.07, 6.45) is 0.00574. The average Bonchev–Trinajstić information content (AvgIpc) is 2.29. The standard InChI is InChI=1S/C14H20O3/c1-9-5-6-13-11(7-9)12(15)8-14(3,17-13)10(2)16-4/h5-7,10,12,15H,8H2,1-4H3/t10?,12-,14?/m0/s1. The molecule has 2 rings (SSSR count). The van der Waals surface area contributed by atoms with Crippen LogP contribution in [0.2, 0.25) is 0 Å². The SMILES string of the molecule is COC(C)C1(C)C[C@H](O)c2cc(C)ccc2O1. The van der Waals surface area contributed by atoms with Gasteiger partial charge in [0.05, 0.1) is 12.2 Å². The summed E-state index contributed by atoms with van der Waals surface area (Å²) in [4.78, 5) is 0. The van der Waals surface area contributed by atoms with Crippen LogP contribution in [0.25, 0.3) is 0 Å². The van der Waals surface area contributed by atoms with Crippen LogP contribution in [0.3, 0.4) is 0 Å². The molecule has 0 spiro atoms. The van der Waals surface area contributed by atoms with E-state index in [-0.39, 0.29) is 6.10 Å². The number of aryl methyl sites for hydroxylation is 1. The Morgan fingerprint density at radius 3 is 2.88 bits per heavy atom. The normalized spacial score (nSPS) is 29.4. The Labute approximate surface area is 102 Å². The van der Waals surface area contributed by atoms with E-state index in [1.807, 2.05) is 39.0 Å². The smallest absolute Gasteiger partial charge is 0.135 e. The number of ether oxygens (including phenoxy) is 2. The second-order valence-corrected chi connectivity index (χ2v) is 5.05. The molecular formula is C14H20O3. The molecule has 1 heterocycles. The van der Waals surface area contributed by atoms with Gasteiger partial charge in [-0.2, -0.15) is 0 Å². The van der Waals surface area contributed by atoms with Gasteiger partial charge in [-0.05, 0) is 32.9 Å². The Kier molecular flexibility index (Phi) is 3.15. The van der Waals surface area contributed by atoms with Gasteiger partial charge in [-0.15, -0.1) is 0 Å². The lowest BCUT2D eigenvalue weighted by atomic mass is 9.86. The zero-order valence-corrected chi connectivity index (χ0v) is 10.9. The molecule has 0 fully saturated rings. The van der Waals surface area contributed by atoms with Crippen molar-refractivity contribution in [2.24, 2.45) is 0 Å². The van der Waals surface area contributed by atoms with Crippen molar-refractivity contribution < 1.29 is 14.6 Å². The number of fused-ring (bicyclic) bond motifs is 1. The van der Waals surface area contributed by atoms with E-state index < -0.39 is 11.7 Å². The molecule has 3 atom stereocenters. The fourth-order valence-corrected chi connectivity index (χ4v) is 2.31. The first-order valence-electron chi connectivity index (χ1n) is 5.96. The first-order chi connectivity index (χ1) is 7.96. The Bertz CT molecular complexity index is 416. The van der Waals surface area contributed by atoms with Crippen LogP contribution in [0, 0.1) is 6.92 Å². The highest BCUT2D eigenvalue weighted by Gasteiger charge is 2.41. The molecule has 1 aliphatic heterocycles. The minimum atomic E-state index is -0.485. The third-order valence-electron chi connectivity index (χ3n) is 3.68. The molecule has 0 aromatic heterocycles. The third-order valence-corrected chi connectivity index (χ3v) is 3.68. The summed E-state index contributed by atoms with van der Waals surface area (Å²) in [5, 5.41) is 10.2. The van der Waals surface area contributed by atoms with Crippen molar-refractivity contribution in [3.8, 4) is 5.75 Å². The molecule has 0 aliphatic carbocycles. The van der Waals surface area contributed by atoms with Crippen molar-refractivity contribution in [1.29, 1.82) is 0 Å². The van der Waals surface area contributed by atoms with Gasteiger partial charge in [-0.25, -0.2) is 0 Å². The number of hydrogen-bond donors (Lipinski definition) is 1. The topological polar surface area (TPSA) is 38.7 Å². The van der Waals surface area contributed by atoms with Crippen molar-refractivity contribution >= 4 is 0 Å². The minimum Gasteiger partial charge on any atom is -0.484 e. The van der Waals surface area contributed by atoms with Crippen LogP contribution in [-0.2, 0) is 4.74 Å². The van der Waals surface area contributed by atoms with Gasteiger partial charge in [-0.1, -0.05) is 11.6 Å². The molecule has 2 unspecified atom stereocenters. The fraction of sp³-hybridized carbons (Fsp3) is 0.571. The highest BCUT2D eigenvalue weighted by molar-refractivity contribution is 5.40. The highest BCUT2D eigenvalue weighted by atomic mass is 16.5. The van der Waals surface area contributed by atoms with Crippen molar-refractivity contribution in [3.63, 3.8) is 0 Å². The molecule has 0 amide bonds. The Hall–Kier alpha value is -1.06. The number of aliphatic hydroxyl groups excluding tert-OH is 1. The van der Waals surface area contributed by atoms with Crippen LogP contribution < -0.4 is 4.74 Å². The minimum absolute atomic E-state index is 0.0633. The molecule has 1 aliphatic rings. The van der Waals surface area contributed by atoms with Gasteiger partial charge < -0.3 is 14.6 Å². The molecule has 1 aromatic carbocycles. The maximum atomic E-state index is 10.2. The summed E-state index contributed by atoms with van der Waals surface area (Å²) in [6, 6.07) is 5.90. The van der Waals surface area contributed by atoms with E-state index in [0.29, 0.717) is 6.42 Å². The predicted octanol–water partition coefficient (Wildman–Crippen LogP) is 2.60. The first-order valence-corrected chi connectivity index (χ1v) is 5.96. The molecular weight excluding hydrogens is 216 g/mol. The molecule has 1 N–H and O–H groups in total. The van der Waals surface area contributed by atoms with Gasteiger partial charge in [-0.3, -0.25) is 0 Å². The first kappa shape index (κ1) is 12.4. The summed E-state index contributed by atoms with van der Waals surface area (Å²) in [6.45, 7) is 5.96. The van der Waals surface area contributed by atoms with Crippen LogP contribution >= 0.6 is 0 Å². The molecule has 94 valence electrons. The van der Waals surface area contributed by atoms with Crippen LogP contribution in [0.4, 0.5) is 0 Å². The van der Waals surface area contributed by atoms with E-state index in [2.05, 4.69) is 0 Å². The zero-order chi connectivity index (χ0) is 12.6. The predicted molar refractivity (Wildman–Crippen MR) is 66.3 cm³/mol. The van der Waals surface area contributed by atoms with Crippen molar-refractivity contribution in [1.82, 2.24) is 0 Å². The zero-order valence-electron chi connectivity index (χ0n) is 10.9. The van der Waals surface area contributed by atoms with E-state index in [1.54, 1.807) is 7.11 Å². The lowest BCUT2D eigenvalue weighted by Gasteiger charge is -2.41. The van der Waals surface area contributed by atoms with Crippen LogP contribution in [0.5, 0.6) is 5.75 Å². The lowest BCUT2D eigenvalue weighted by molar-refractivity contribution is -0.0919. The Morgan fingerprint density at radius 1 is 1.53 bits per heavy atom. The molecule has 0 radical (unpaired) electrons. The second kappa shape index (κ2) is 4.31. The van der Waals surface area contributed by atoms with Gasteiger partial charge in [0.2, 0.25) is 0 Å². The van der Waals surface area contributed by atoms with Gasteiger partial charge in [0, 0.05) is 19.1 Å². The number of methoxy groups -OCH3 is 1. The van der Waals surface area contributed by atoms with Crippen molar-refractivity contribution in [2.75, 3.05) is 7.11 Å². The third kappa shape index (κ3) is 2.17. The Balaban J connectivity index is 2.36. The largest absolute Gasteiger partial charge is 0.484 e. The van der Waals surface area contributed by atoms with E-state index in [4.69, 9.17) is 9.47 Å². The second-order valence-electron chi connectivity index (χ2n) is 5.05. The van der Waals surface area contributed by atoms with Gasteiger partial charge >= 0.3 is 0 Å². The number of benzene rings is 1. The van der Waals surface area contributed by atoms with E-state index in [0.717, 1.165) is 16.9 Å².